The highest BCUT2D eigenvalue weighted by Gasteiger charge is 2.29. The molecule has 2 aromatic rings. The van der Waals surface area contributed by atoms with Crippen LogP contribution in [-0.4, -0.2) is 21.2 Å². The molecule has 1 unspecified atom stereocenters. The van der Waals surface area contributed by atoms with Gasteiger partial charge in [0.05, 0.1) is 11.7 Å². The van der Waals surface area contributed by atoms with Crippen LogP contribution in [0, 0.1) is 0 Å². The fraction of sp³-hybridized carbons (Fsp3) is 0.471. The predicted octanol–water partition coefficient (Wildman–Crippen LogP) is 4.24. The number of halogens is 1. The Morgan fingerprint density at radius 2 is 1.95 bits per heavy atom. The Balaban J connectivity index is 1.68. The summed E-state index contributed by atoms with van der Waals surface area (Å²) in [5.41, 5.74) is 2.68. The van der Waals surface area contributed by atoms with E-state index in [1.54, 1.807) is 0 Å². The van der Waals surface area contributed by atoms with Crippen molar-refractivity contribution in [3.63, 3.8) is 0 Å². The summed E-state index contributed by atoms with van der Waals surface area (Å²) in [6.07, 6.45) is 5.37. The van der Waals surface area contributed by atoms with Crippen molar-refractivity contribution in [2.24, 2.45) is 0 Å². The van der Waals surface area contributed by atoms with E-state index in [0.29, 0.717) is 6.04 Å². The van der Waals surface area contributed by atoms with Gasteiger partial charge in [-0.3, -0.25) is 9.58 Å². The Morgan fingerprint density at radius 1 is 1.24 bits per heavy atom. The van der Waals surface area contributed by atoms with E-state index in [1.807, 2.05) is 23.0 Å². The maximum Gasteiger partial charge on any atom is 0.0543 e. The lowest BCUT2D eigenvalue weighted by molar-refractivity contribution is 0.0818. The molecular formula is C17H22ClN3. The number of aromatic nitrogens is 2. The third kappa shape index (κ3) is 3.14. The van der Waals surface area contributed by atoms with Crippen molar-refractivity contribution in [1.29, 1.82) is 0 Å². The lowest BCUT2D eigenvalue weighted by Crippen LogP contribution is -2.40. The molecular weight excluding hydrogens is 282 g/mol. The van der Waals surface area contributed by atoms with Crippen LogP contribution in [0.5, 0.6) is 0 Å². The Hall–Kier alpha value is -1.32. The molecule has 3 rings (SSSR count). The van der Waals surface area contributed by atoms with Gasteiger partial charge in [0.15, 0.2) is 0 Å². The highest BCUT2D eigenvalue weighted by atomic mass is 35.5. The number of benzene rings is 1. The van der Waals surface area contributed by atoms with E-state index < -0.39 is 0 Å². The molecule has 1 aliphatic heterocycles. The Morgan fingerprint density at radius 3 is 2.48 bits per heavy atom. The zero-order valence-corrected chi connectivity index (χ0v) is 13.6. The Kier molecular flexibility index (Phi) is 3.80. The molecule has 4 heteroatoms. The molecule has 1 aromatic carbocycles. The average molecular weight is 304 g/mol. The van der Waals surface area contributed by atoms with E-state index in [1.165, 1.54) is 17.5 Å². The zero-order valence-electron chi connectivity index (χ0n) is 12.9. The van der Waals surface area contributed by atoms with Gasteiger partial charge in [0.1, 0.15) is 0 Å². The van der Waals surface area contributed by atoms with Crippen LogP contribution in [-0.2, 0) is 12.1 Å². The van der Waals surface area contributed by atoms with Crippen LogP contribution in [0.2, 0.25) is 5.02 Å². The topological polar surface area (TPSA) is 21.1 Å². The smallest absolute Gasteiger partial charge is 0.0543 e. The summed E-state index contributed by atoms with van der Waals surface area (Å²) >= 11 is 5.96. The van der Waals surface area contributed by atoms with Gasteiger partial charge in [0.2, 0.25) is 0 Å². The average Bonchev–Trinajstić information content (AvgIpc) is 2.86. The quantitative estimate of drug-likeness (QED) is 0.845. The van der Waals surface area contributed by atoms with Crippen LogP contribution in [0.3, 0.4) is 0 Å². The molecule has 21 heavy (non-hydrogen) atoms. The first-order chi connectivity index (χ1) is 9.93. The second kappa shape index (κ2) is 5.47. The minimum Gasteiger partial charge on any atom is -0.292 e. The third-order valence-corrected chi connectivity index (χ3v) is 4.35. The summed E-state index contributed by atoms with van der Waals surface area (Å²) in [5.74, 6) is 0. The van der Waals surface area contributed by atoms with Crippen LogP contribution < -0.4 is 0 Å². The molecule has 2 heterocycles. The SMILES string of the molecule is CC(C)(C)n1cc(CN2CCC2c2ccc(Cl)cc2)cn1. The number of nitrogens with zero attached hydrogens (tertiary/aromatic N) is 3. The fourth-order valence-electron chi connectivity index (χ4n) is 2.74. The first kappa shape index (κ1) is 14.6. The predicted molar refractivity (Wildman–Crippen MR) is 86.4 cm³/mol. The molecule has 0 saturated carbocycles. The second-order valence-electron chi connectivity index (χ2n) is 6.79. The van der Waals surface area contributed by atoms with Gasteiger partial charge in [-0.1, -0.05) is 23.7 Å². The van der Waals surface area contributed by atoms with E-state index in [0.717, 1.165) is 18.1 Å². The number of hydrogen-bond donors (Lipinski definition) is 0. The molecule has 1 aliphatic rings. The summed E-state index contributed by atoms with van der Waals surface area (Å²) in [6, 6.07) is 8.74. The molecule has 3 nitrogen and oxygen atoms in total. The minimum absolute atomic E-state index is 0.0444. The molecule has 1 saturated heterocycles. The maximum atomic E-state index is 5.96. The van der Waals surface area contributed by atoms with Gasteiger partial charge in [0.25, 0.3) is 0 Å². The summed E-state index contributed by atoms with van der Waals surface area (Å²) < 4.78 is 2.04. The van der Waals surface area contributed by atoms with Crippen LogP contribution in [0.15, 0.2) is 36.7 Å². The lowest BCUT2D eigenvalue weighted by Gasteiger charge is -2.41. The van der Waals surface area contributed by atoms with E-state index >= 15 is 0 Å². The summed E-state index contributed by atoms with van der Waals surface area (Å²) in [4.78, 5) is 2.49. The molecule has 1 aromatic heterocycles. The molecule has 1 atom stereocenters. The number of rotatable bonds is 3. The standard InChI is InChI=1S/C17H22ClN3/c1-17(2,3)21-12-13(10-19-21)11-20-9-8-16(20)14-4-6-15(18)7-5-14/h4-7,10,12,16H,8-9,11H2,1-3H3. The highest BCUT2D eigenvalue weighted by Crippen LogP contribution is 2.35. The molecule has 112 valence electrons. The van der Waals surface area contributed by atoms with Gasteiger partial charge in [-0.25, -0.2) is 0 Å². The molecule has 0 N–H and O–H groups in total. The summed E-state index contributed by atoms with van der Waals surface area (Å²) in [6.45, 7) is 8.62. The van der Waals surface area contributed by atoms with E-state index in [9.17, 15) is 0 Å². The molecule has 0 aliphatic carbocycles. The molecule has 0 bridgehead atoms. The van der Waals surface area contributed by atoms with Gasteiger partial charge in [-0.05, 0) is 44.9 Å². The van der Waals surface area contributed by atoms with Gasteiger partial charge in [0, 0.05) is 35.9 Å². The van der Waals surface area contributed by atoms with Crippen molar-refractivity contribution < 1.29 is 0 Å². The van der Waals surface area contributed by atoms with E-state index in [2.05, 4.69) is 49.1 Å². The Labute approximate surface area is 131 Å². The molecule has 0 radical (unpaired) electrons. The van der Waals surface area contributed by atoms with Crippen molar-refractivity contribution in [2.45, 2.75) is 45.3 Å². The minimum atomic E-state index is 0.0444. The highest BCUT2D eigenvalue weighted by molar-refractivity contribution is 6.30. The lowest BCUT2D eigenvalue weighted by atomic mass is 9.94. The van der Waals surface area contributed by atoms with Crippen LogP contribution in [0.25, 0.3) is 0 Å². The first-order valence-electron chi connectivity index (χ1n) is 7.47. The van der Waals surface area contributed by atoms with Crippen molar-refractivity contribution in [3.8, 4) is 0 Å². The van der Waals surface area contributed by atoms with Crippen molar-refractivity contribution in [1.82, 2.24) is 14.7 Å². The maximum absolute atomic E-state index is 5.96. The van der Waals surface area contributed by atoms with Gasteiger partial charge in [-0.15, -0.1) is 0 Å². The van der Waals surface area contributed by atoms with E-state index in [-0.39, 0.29) is 5.54 Å². The summed E-state index contributed by atoms with van der Waals surface area (Å²) in [7, 11) is 0. The third-order valence-electron chi connectivity index (χ3n) is 4.09. The second-order valence-corrected chi connectivity index (χ2v) is 7.23. The Bertz CT molecular complexity index is 610. The van der Waals surface area contributed by atoms with Gasteiger partial charge < -0.3 is 0 Å². The normalized spacial score (nSPS) is 19.5. The van der Waals surface area contributed by atoms with Crippen LogP contribution in [0.4, 0.5) is 0 Å². The van der Waals surface area contributed by atoms with Crippen LogP contribution in [0.1, 0.15) is 44.4 Å². The fourth-order valence-corrected chi connectivity index (χ4v) is 2.86. The van der Waals surface area contributed by atoms with Crippen LogP contribution >= 0.6 is 11.6 Å². The van der Waals surface area contributed by atoms with E-state index in [4.69, 9.17) is 11.6 Å². The van der Waals surface area contributed by atoms with Crippen molar-refractivity contribution in [3.05, 3.63) is 52.8 Å². The molecule has 0 amide bonds. The number of likely N-dealkylation sites (tertiary alicyclic amines) is 1. The largest absolute Gasteiger partial charge is 0.292 e. The van der Waals surface area contributed by atoms with Gasteiger partial charge >= 0.3 is 0 Å². The monoisotopic (exact) mass is 303 g/mol. The zero-order chi connectivity index (χ0) is 15.0. The molecule has 1 fully saturated rings. The summed E-state index contributed by atoms with van der Waals surface area (Å²) in [5, 5.41) is 5.28. The molecule has 0 spiro atoms. The van der Waals surface area contributed by atoms with Gasteiger partial charge in [-0.2, -0.15) is 5.10 Å². The van der Waals surface area contributed by atoms with Crippen molar-refractivity contribution in [2.75, 3.05) is 6.54 Å². The number of hydrogen-bond acceptors (Lipinski definition) is 2. The van der Waals surface area contributed by atoms with Crippen molar-refractivity contribution >= 4 is 11.6 Å². The first-order valence-corrected chi connectivity index (χ1v) is 7.85.